The summed E-state index contributed by atoms with van der Waals surface area (Å²) >= 11 is 0. The second-order valence-corrected chi connectivity index (χ2v) is 7.30. The average Bonchev–Trinajstić information content (AvgIpc) is 2.95. The van der Waals surface area contributed by atoms with E-state index in [1.54, 1.807) is 26.2 Å². The normalized spacial score (nSPS) is 19.8. The molecule has 0 radical (unpaired) electrons. The Labute approximate surface area is 170 Å². The number of hydrogen-bond donors (Lipinski definition) is 2. The van der Waals surface area contributed by atoms with Crippen molar-refractivity contribution in [2.75, 3.05) is 20.3 Å². The molecule has 0 spiro atoms. The van der Waals surface area contributed by atoms with Crippen molar-refractivity contribution in [1.82, 2.24) is 10.2 Å². The van der Waals surface area contributed by atoms with Crippen LogP contribution in [-0.4, -0.2) is 53.8 Å². The molecule has 0 bridgehead atoms. The van der Waals surface area contributed by atoms with Gasteiger partial charge in [0.25, 0.3) is 5.91 Å². The van der Waals surface area contributed by atoms with E-state index in [2.05, 4.69) is 5.32 Å². The number of methoxy groups -OCH3 is 1. The number of aliphatic hydroxyl groups excluding tert-OH is 1. The van der Waals surface area contributed by atoms with Crippen LogP contribution >= 0.6 is 0 Å². The van der Waals surface area contributed by atoms with Crippen LogP contribution in [0.1, 0.15) is 18.9 Å². The number of β-amino-alcohol motifs (C(OH)–C–C–N with tert-alkyl or cyclic N) is 1. The van der Waals surface area contributed by atoms with E-state index in [9.17, 15) is 14.7 Å². The summed E-state index contributed by atoms with van der Waals surface area (Å²) < 4.78 is 10.6. The topological polar surface area (TPSA) is 88.1 Å². The molecule has 1 aliphatic rings. The van der Waals surface area contributed by atoms with Gasteiger partial charge in [0, 0.05) is 0 Å². The number of ether oxygens (including phenoxy) is 2. The van der Waals surface area contributed by atoms with E-state index in [-0.39, 0.29) is 19.1 Å². The first kappa shape index (κ1) is 20.7. The molecule has 0 aromatic heterocycles. The van der Waals surface area contributed by atoms with Crippen LogP contribution in [0.3, 0.4) is 0 Å². The van der Waals surface area contributed by atoms with Crippen LogP contribution < -0.4 is 14.8 Å². The van der Waals surface area contributed by atoms with Crippen LogP contribution in [-0.2, 0) is 11.2 Å². The number of rotatable bonds is 9. The predicted octanol–water partition coefficient (Wildman–Crippen LogP) is 2.38. The zero-order valence-corrected chi connectivity index (χ0v) is 16.6. The molecule has 1 saturated heterocycles. The molecule has 2 atom stereocenters. The summed E-state index contributed by atoms with van der Waals surface area (Å²) in [4.78, 5) is 26.2. The molecule has 7 heteroatoms. The summed E-state index contributed by atoms with van der Waals surface area (Å²) in [5, 5.41) is 13.0. The Morgan fingerprint density at radius 1 is 1.07 bits per heavy atom. The first-order valence-electron chi connectivity index (χ1n) is 9.54. The van der Waals surface area contributed by atoms with Gasteiger partial charge < -0.3 is 19.9 Å². The van der Waals surface area contributed by atoms with Crippen molar-refractivity contribution >= 4 is 11.9 Å². The molecule has 0 saturated carbocycles. The fourth-order valence-electron chi connectivity index (χ4n) is 3.24. The predicted molar refractivity (Wildman–Crippen MR) is 108 cm³/mol. The monoisotopic (exact) mass is 398 g/mol. The summed E-state index contributed by atoms with van der Waals surface area (Å²) in [5.74, 6) is 1.05. The molecule has 154 valence electrons. The molecule has 1 aliphatic heterocycles. The number of carbonyl (C=O) groups is 2. The molecule has 2 aromatic rings. The Hall–Kier alpha value is -3.06. The van der Waals surface area contributed by atoms with Crippen molar-refractivity contribution in [3.63, 3.8) is 0 Å². The van der Waals surface area contributed by atoms with Gasteiger partial charge in [-0.3, -0.25) is 9.69 Å². The van der Waals surface area contributed by atoms with Gasteiger partial charge in [-0.2, -0.15) is 0 Å². The lowest BCUT2D eigenvalue weighted by Crippen LogP contribution is -2.45. The molecule has 1 heterocycles. The Morgan fingerprint density at radius 3 is 2.41 bits per heavy atom. The first-order chi connectivity index (χ1) is 13.9. The number of benzene rings is 2. The number of hydrogen-bond acceptors (Lipinski definition) is 5. The third kappa shape index (κ3) is 5.06. The van der Waals surface area contributed by atoms with E-state index < -0.39 is 17.7 Å². The van der Waals surface area contributed by atoms with E-state index in [4.69, 9.17) is 9.47 Å². The minimum absolute atomic E-state index is 0.0103. The Kier molecular flexibility index (Phi) is 6.39. The first-order valence-corrected chi connectivity index (χ1v) is 9.54. The molecule has 2 N–H and O–H groups in total. The Balaban J connectivity index is 1.54. The Morgan fingerprint density at radius 2 is 1.76 bits per heavy atom. The lowest BCUT2D eigenvalue weighted by atomic mass is 9.93. The highest BCUT2D eigenvalue weighted by atomic mass is 16.5. The number of nitrogens with one attached hydrogen (secondary N) is 1. The fraction of sp³-hybridized carbons (Fsp3) is 0.364. The molecule has 3 rings (SSSR count). The molecular weight excluding hydrogens is 372 g/mol. The van der Waals surface area contributed by atoms with Gasteiger partial charge in [-0.05, 0) is 49.6 Å². The molecule has 2 aromatic carbocycles. The van der Waals surface area contributed by atoms with Gasteiger partial charge in [-0.25, -0.2) is 4.79 Å². The maximum absolute atomic E-state index is 12.8. The number of amides is 3. The van der Waals surface area contributed by atoms with Gasteiger partial charge >= 0.3 is 6.03 Å². The Bertz CT molecular complexity index is 840. The highest BCUT2D eigenvalue weighted by Crippen LogP contribution is 2.24. The third-order valence-electron chi connectivity index (χ3n) is 5.00. The SMILES string of the molecule is COc1ccc(CCC2(C)NC(=O)N(CC(O)COc3ccccc3)C2=O)cc1. The maximum Gasteiger partial charge on any atom is 0.325 e. The molecular formula is C22H26N2O5. The van der Waals surface area contributed by atoms with Crippen LogP contribution in [0.2, 0.25) is 0 Å². The number of para-hydroxylation sites is 1. The average molecular weight is 398 g/mol. The molecule has 2 unspecified atom stereocenters. The van der Waals surface area contributed by atoms with Crippen molar-refractivity contribution in [2.45, 2.75) is 31.4 Å². The second-order valence-electron chi connectivity index (χ2n) is 7.30. The largest absolute Gasteiger partial charge is 0.497 e. The number of imide groups is 1. The van der Waals surface area contributed by atoms with Crippen molar-refractivity contribution in [3.8, 4) is 11.5 Å². The maximum atomic E-state index is 12.8. The number of carbonyl (C=O) groups excluding carboxylic acids is 2. The van der Waals surface area contributed by atoms with Gasteiger partial charge in [0.2, 0.25) is 0 Å². The van der Waals surface area contributed by atoms with Crippen molar-refractivity contribution in [2.24, 2.45) is 0 Å². The fourth-order valence-corrected chi connectivity index (χ4v) is 3.24. The van der Waals surface area contributed by atoms with E-state index in [0.29, 0.717) is 18.6 Å². The van der Waals surface area contributed by atoms with Gasteiger partial charge in [-0.1, -0.05) is 30.3 Å². The van der Waals surface area contributed by atoms with Crippen molar-refractivity contribution in [3.05, 3.63) is 60.2 Å². The number of urea groups is 1. The van der Waals surface area contributed by atoms with Crippen LogP contribution in [0.4, 0.5) is 4.79 Å². The summed E-state index contributed by atoms with van der Waals surface area (Å²) in [7, 11) is 1.61. The second kappa shape index (κ2) is 8.96. The summed E-state index contributed by atoms with van der Waals surface area (Å²) in [6.07, 6.45) is 0.102. The van der Waals surface area contributed by atoms with E-state index in [0.717, 1.165) is 16.2 Å². The van der Waals surface area contributed by atoms with Gasteiger partial charge in [-0.15, -0.1) is 0 Å². The third-order valence-corrected chi connectivity index (χ3v) is 5.00. The summed E-state index contributed by atoms with van der Waals surface area (Å²) in [6.45, 7) is 1.59. The number of aliphatic hydroxyl groups is 1. The zero-order valence-electron chi connectivity index (χ0n) is 16.6. The summed E-state index contributed by atoms with van der Waals surface area (Å²) in [5.41, 5.74) is 0.0422. The van der Waals surface area contributed by atoms with Crippen LogP contribution in [0.25, 0.3) is 0 Å². The molecule has 3 amide bonds. The number of aryl methyl sites for hydroxylation is 1. The standard InChI is InChI=1S/C22H26N2O5/c1-22(13-12-16-8-10-18(28-2)11-9-16)20(26)24(21(27)23-22)14-17(25)15-29-19-6-4-3-5-7-19/h3-11,17,25H,12-15H2,1-2H3,(H,23,27). The zero-order chi connectivity index (χ0) is 20.9. The molecule has 0 aliphatic carbocycles. The number of nitrogens with zero attached hydrogens (tertiary/aromatic N) is 1. The minimum atomic E-state index is -1.00. The quantitative estimate of drug-likeness (QED) is 0.633. The van der Waals surface area contributed by atoms with Gasteiger partial charge in [0.1, 0.15) is 29.7 Å². The van der Waals surface area contributed by atoms with Crippen LogP contribution in [0.15, 0.2) is 54.6 Å². The molecule has 29 heavy (non-hydrogen) atoms. The highest BCUT2D eigenvalue weighted by Gasteiger charge is 2.47. The van der Waals surface area contributed by atoms with Gasteiger partial charge in [0.05, 0.1) is 13.7 Å². The summed E-state index contributed by atoms with van der Waals surface area (Å²) in [6, 6.07) is 16.2. The van der Waals surface area contributed by atoms with Crippen molar-refractivity contribution in [1.29, 1.82) is 0 Å². The van der Waals surface area contributed by atoms with E-state index >= 15 is 0 Å². The van der Waals surface area contributed by atoms with Crippen LogP contribution in [0, 0.1) is 0 Å². The lowest BCUT2D eigenvalue weighted by molar-refractivity contribution is -0.132. The van der Waals surface area contributed by atoms with E-state index in [1.165, 1.54) is 0 Å². The molecule has 1 fully saturated rings. The van der Waals surface area contributed by atoms with E-state index in [1.807, 2.05) is 42.5 Å². The smallest absolute Gasteiger partial charge is 0.325 e. The van der Waals surface area contributed by atoms with Crippen LogP contribution in [0.5, 0.6) is 11.5 Å². The lowest BCUT2D eigenvalue weighted by Gasteiger charge is -2.22. The minimum Gasteiger partial charge on any atom is -0.497 e. The van der Waals surface area contributed by atoms with Gasteiger partial charge in [0.15, 0.2) is 0 Å². The van der Waals surface area contributed by atoms with Crippen molar-refractivity contribution < 1.29 is 24.2 Å². The highest BCUT2D eigenvalue weighted by molar-refractivity contribution is 6.06. The molecule has 7 nitrogen and oxygen atoms in total.